The highest BCUT2D eigenvalue weighted by molar-refractivity contribution is 7.93. The Labute approximate surface area is 163 Å². The summed E-state index contributed by atoms with van der Waals surface area (Å²) in [4.78, 5) is -0.163. The molecule has 4 rings (SSSR count). The van der Waals surface area contributed by atoms with Crippen LogP contribution in [-0.2, 0) is 16.6 Å². The third-order valence-electron chi connectivity index (χ3n) is 4.29. The van der Waals surface area contributed by atoms with E-state index in [0.717, 1.165) is 22.5 Å². The van der Waals surface area contributed by atoms with Crippen molar-refractivity contribution in [2.45, 2.75) is 11.4 Å². The molecule has 0 aliphatic rings. The van der Waals surface area contributed by atoms with Crippen LogP contribution in [0.3, 0.4) is 0 Å². The molecule has 0 amide bonds. The number of hydrogen-bond donors (Lipinski definition) is 0. The molecule has 148 valence electrons. The Morgan fingerprint density at radius 1 is 0.966 bits per heavy atom. The molecule has 6 nitrogen and oxygen atoms in total. The summed E-state index contributed by atoms with van der Waals surface area (Å²) in [6.45, 7) is -0.233. The van der Waals surface area contributed by atoms with Gasteiger partial charge in [0.25, 0.3) is 10.0 Å². The van der Waals surface area contributed by atoms with Crippen LogP contribution in [0.1, 0.15) is 5.56 Å². The summed E-state index contributed by atoms with van der Waals surface area (Å²) in [5.74, 6) is -2.78. The van der Waals surface area contributed by atoms with Crippen molar-refractivity contribution in [2.24, 2.45) is 0 Å². The molecule has 0 unspecified atom stereocenters. The van der Waals surface area contributed by atoms with Crippen molar-refractivity contribution in [3.05, 3.63) is 90.1 Å². The molecule has 0 aliphatic carbocycles. The van der Waals surface area contributed by atoms with Gasteiger partial charge in [-0.3, -0.25) is 8.71 Å². The van der Waals surface area contributed by atoms with E-state index in [2.05, 4.69) is 10.2 Å². The molecule has 0 fully saturated rings. The largest absolute Gasteiger partial charge is 0.288 e. The SMILES string of the molecule is O=S(=O)(c1cccn2cnnc12)N(Cc1ccc(F)cc1)c1ccc(F)c(F)c1. The van der Waals surface area contributed by atoms with Crippen molar-refractivity contribution in [3.63, 3.8) is 0 Å². The van der Waals surface area contributed by atoms with Crippen LogP contribution in [0.15, 0.2) is 72.0 Å². The van der Waals surface area contributed by atoms with E-state index in [4.69, 9.17) is 0 Å². The van der Waals surface area contributed by atoms with Crippen LogP contribution in [0.2, 0.25) is 0 Å². The zero-order valence-electron chi connectivity index (χ0n) is 14.7. The summed E-state index contributed by atoms with van der Waals surface area (Å²) >= 11 is 0. The van der Waals surface area contributed by atoms with Gasteiger partial charge in [0.2, 0.25) is 0 Å². The first kappa shape index (κ1) is 18.9. The minimum absolute atomic E-state index is 0.0826. The first-order chi connectivity index (χ1) is 13.9. The van der Waals surface area contributed by atoms with Crippen LogP contribution in [0.5, 0.6) is 0 Å². The molecular weight excluding hydrogens is 405 g/mol. The van der Waals surface area contributed by atoms with Gasteiger partial charge >= 0.3 is 0 Å². The van der Waals surface area contributed by atoms with Crippen LogP contribution < -0.4 is 4.31 Å². The molecule has 0 saturated carbocycles. The van der Waals surface area contributed by atoms with E-state index in [9.17, 15) is 21.6 Å². The summed E-state index contributed by atoms with van der Waals surface area (Å²) in [6, 6.07) is 10.8. The van der Waals surface area contributed by atoms with E-state index in [1.165, 1.54) is 47.1 Å². The molecule has 0 radical (unpaired) electrons. The maximum atomic E-state index is 13.9. The number of halogens is 3. The van der Waals surface area contributed by atoms with Crippen molar-refractivity contribution in [1.29, 1.82) is 0 Å². The predicted molar refractivity (Wildman–Crippen MR) is 99.1 cm³/mol. The summed E-state index contributed by atoms with van der Waals surface area (Å²) in [6.07, 6.45) is 2.92. The zero-order chi connectivity index (χ0) is 20.6. The smallest absolute Gasteiger partial charge is 0.268 e. The number of nitrogens with zero attached hydrogens (tertiary/aromatic N) is 4. The second kappa shape index (κ2) is 7.21. The number of aromatic nitrogens is 3. The van der Waals surface area contributed by atoms with Crippen molar-refractivity contribution in [3.8, 4) is 0 Å². The van der Waals surface area contributed by atoms with Gasteiger partial charge in [0.15, 0.2) is 17.3 Å². The third-order valence-corrected chi connectivity index (χ3v) is 6.08. The lowest BCUT2D eigenvalue weighted by molar-refractivity contribution is 0.508. The van der Waals surface area contributed by atoms with E-state index >= 15 is 0 Å². The summed E-state index contributed by atoms with van der Waals surface area (Å²) < 4.78 is 69.8. The standard InChI is InChI=1S/C19H13F3N4O2S/c20-14-5-3-13(4-6-14)11-26(15-7-8-16(21)17(22)10-15)29(27,28)18-2-1-9-25-12-23-24-19(18)25/h1-10,12H,11H2. The van der Waals surface area contributed by atoms with Crippen molar-refractivity contribution in [1.82, 2.24) is 14.6 Å². The van der Waals surface area contributed by atoms with Gasteiger partial charge in [-0.05, 0) is 42.0 Å². The highest BCUT2D eigenvalue weighted by atomic mass is 32.2. The number of hydrogen-bond acceptors (Lipinski definition) is 4. The number of fused-ring (bicyclic) bond motifs is 1. The molecule has 10 heteroatoms. The highest BCUT2D eigenvalue weighted by Crippen LogP contribution is 2.29. The second-order valence-corrected chi connectivity index (χ2v) is 8.00. The lowest BCUT2D eigenvalue weighted by atomic mass is 10.2. The van der Waals surface area contributed by atoms with E-state index in [0.29, 0.717) is 5.56 Å². The van der Waals surface area contributed by atoms with Crippen molar-refractivity contribution in [2.75, 3.05) is 4.31 Å². The van der Waals surface area contributed by atoms with Crippen LogP contribution in [0.25, 0.3) is 5.65 Å². The van der Waals surface area contributed by atoms with Gasteiger partial charge in [0.05, 0.1) is 12.2 Å². The number of pyridine rings is 1. The molecule has 2 aromatic heterocycles. The van der Waals surface area contributed by atoms with Crippen LogP contribution in [-0.4, -0.2) is 23.0 Å². The van der Waals surface area contributed by atoms with Gasteiger partial charge < -0.3 is 0 Å². The average molecular weight is 418 g/mol. The van der Waals surface area contributed by atoms with Gasteiger partial charge in [-0.1, -0.05) is 12.1 Å². The van der Waals surface area contributed by atoms with Gasteiger partial charge in [-0.25, -0.2) is 21.6 Å². The minimum atomic E-state index is -4.26. The molecule has 2 heterocycles. The van der Waals surface area contributed by atoms with Gasteiger partial charge in [0.1, 0.15) is 17.0 Å². The molecular formula is C19H13F3N4O2S. The third kappa shape index (κ3) is 3.54. The first-order valence-corrected chi connectivity index (χ1v) is 9.81. The van der Waals surface area contributed by atoms with E-state index < -0.39 is 27.5 Å². The summed E-state index contributed by atoms with van der Waals surface area (Å²) in [5, 5.41) is 7.54. The van der Waals surface area contributed by atoms with E-state index in [1.54, 1.807) is 6.20 Å². The zero-order valence-corrected chi connectivity index (χ0v) is 15.5. The quantitative estimate of drug-likeness (QED) is 0.497. The number of rotatable bonds is 5. The molecule has 29 heavy (non-hydrogen) atoms. The lowest BCUT2D eigenvalue weighted by Crippen LogP contribution is -2.31. The van der Waals surface area contributed by atoms with E-state index in [1.807, 2.05) is 0 Å². The topological polar surface area (TPSA) is 67.6 Å². The molecule has 2 aromatic carbocycles. The Kier molecular flexibility index (Phi) is 4.71. The average Bonchev–Trinajstić information content (AvgIpc) is 3.18. The predicted octanol–water partition coefficient (Wildman–Crippen LogP) is 3.54. The number of sulfonamides is 1. The second-order valence-electron chi connectivity index (χ2n) is 6.17. The Morgan fingerprint density at radius 2 is 1.72 bits per heavy atom. The van der Waals surface area contributed by atoms with Crippen LogP contribution >= 0.6 is 0 Å². The Bertz CT molecular complexity index is 1290. The summed E-state index contributed by atoms with van der Waals surface area (Å²) in [5.41, 5.74) is 0.446. The van der Waals surface area contributed by atoms with Crippen LogP contribution in [0, 0.1) is 17.5 Å². The monoisotopic (exact) mass is 418 g/mol. The Hall–Kier alpha value is -3.40. The minimum Gasteiger partial charge on any atom is -0.288 e. The molecule has 4 aromatic rings. The van der Waals surface area contributed by atoms with Crippen molar-refractivity contribution < 1.29 is 21.6 Å². The molecule has 0 atom stereocenters. The molecule has 0 aliphatic heterocycles. The van der Waals surface area contributed by atoms with Gasteiger partial charge in [-0.15, -0.1) is 10.2 Å². The Balaban J connectivity index is 1.87. The fourth-order valence-corrected chi connectivity index (χ4v) is 4.43. The normalized spacial score (nSPS) is 11.7. The first-order valence-electron chi connectivity index (χ1n) is 8.37. The fourth-order valence-electron chi connectivity index (χ4n) is 2.86. The molecule has 0 bridgehead atoms. The Morgan fingerprint density at radius 3 is 2.45 bits per heavy atom. The van der Waals surface area contributed by atoms with Crippen LogP contribution in [0.4, 0.5) is 18.9 Å². The number of benzene rings is 2. The fraction of sp³-hybridized carbons (Fsp3) is 0.0526. The highest BCUT2D eigenvalue weighted by Gasteiger charge is 2.29. The lowest BCUT2D eigenvalue weighted by Gasteiger charge is -2.25. The molecule has 0 spiro atoms. The maximum absolute atomic E-state index is 13.9. The van der Waals surface area contributed by atoms with E-state index in [-0.39, 0.29) is 22.8 Å². The van der Waals surface area contributed by atoms with Gasteiger partial charge in [-0.2, -0.15) is 0 Å². The molecule has 0 N–H and O–H groups in total. The maximum Gasteiger partial charge on any atom is 0.268 e. The molecule has 0 saturated heterocycles. The number of anilines is 1. The van der Waals surface area contributed by atoms with Gasteiger partial charge in [0, 0.05) is 12.3 Å². The van der Waals surface area contributed by atoms with Crippen molar-refractivity contribution >= 4 is 21.4 Å². The summed E-state index contributed by atoms with van der Waals surface area (Å²) in [7, 11) is -4.26.